The third-order valence-corrected chi connectivity index (χ3v) is 5.53. The lowest BCUT2D eigenvalue weighted by Gasteiger charge is -2.32. The van der Waals surface area contributed by atoms with Crippen LogP contribution < -0.4 is 5.32 Å². The van der Waals surface area contributed by atoms with E-state index < -0.39 is 0 Å². The van der Waals surface area contributed by atoms with E-state index in [4.69, 9.17) is 11.6 Å². The van der Waals surface area contributed by atoms with Crippen molar-refractivity contribution in [3.8, 4) is 0 Å². The Morgan fingerprint density at radius 3 is 2.56 bits per heavy atom. The van der Waals surface area contributed by atoms with Crippen LogP contribution in [-0.4, -0.2) is 23.9 Å². The fourth-order valence-corrected chi connectivity index (χ4v) is 3.80. The lowest BCUT2D eigenvalue weighted by atomic mass is 9.94. The van der Waals surface area contributed by atoms with Gasteiger partial charge in [-0.2, -0.15) is 0 Å². The van der Waals surface area contributed by atoms with Crippen LogP contribution in [0.5, 0.6) is 0 Å². The van der Waals surface area contributed by atoms with Crippen LogP contribution in [0, 0.1) is 11.7 Å². The van der Waals surface area contributed by atoms with E-state index in [-0.39, 0.29) is 23.7 Å². The van der Waals surface area contributed by atoms with Gasteiger partial charge in [-0.3, -0.25) is 9.69 Å². The lowest BCUT2D eigenvalue weighted by molar-refractivity contribution is -0.127. The Kier molecular flexibility index (Phi) is 6.86. The van der Waals surface area contributed by atoms with Crippen LogP contribution in [0.15, 0.2) is 48.5 Å². The van der Waals surface area contributed by atoms with Crippen LogP contribution >= 0.6 is 11.6 Å². The summed E-state index contributed by atoms with van der Waals surface area (Å²) in [4.78, 5) is 14.9. The number of piperidine rings is 1. The van der Waals surface area contributed by atoms with Gasteiger partial charge in [0.05, 0.1) is 6.04 Å². The summed E-state index contributed by atoms with van der Waals surface area (Å²) in [6, 6.07) is 15.0. The van der Waals surface area contributed by atoms with Crippen molar-refractivity contribution in [3.63, 3.8) is 0 Å². The summed E-state index contributed by atoms with van der Waals surface area (Å²) in [5.74, 6) is -0.117. The van der Waals surface area contributed by atoms with E-state index in [9.17, 15) is 9.18 Å². The van der Waals surface area contributed by atoms with E-state index in [0.717, 1.165) is 37.9 Å². The first-order valence-corrected chi connectivity index (χ1v) is 9.96. The first kappa shape index (κ1) is 19.8. The Labute approximate surface area is 165 Å². The zero-order valence-corrected chi connectivity index (χ0v) is 16.4. The Bertz CT molecular complexity index is 760. The van der Waals surface area contributed by atoms with E-state index in [2.05, 4.69) is 29.3 Å². The van der Waals surface area contributed by atoms with E-state index >= 15 is 0 Å². The van der Waals surface area contributed by atoms with Gasteiger partial charge in [-0.1, -0.05) is 54.9 Å². The zero-order valence-electron chi connectivity index (χ0n) is 15.6. The average molecular weight is 389 g/mol. The minimum atomic E-state index is -0.268. The summed E-state index contributed by atoms with van der Waals surface area (Å²) in [5, 5.41) is 3.61. The highest BCUT2D eigenvalue weighted by Crippen LogP contribution is 2.23. The molecule has 1 aliphatic heterocycles. The Balaban J connectivity index is 1.51. The van der Waals surface area contributed by atoms with Gasteiger partial charge in [0.25, 0.3) is 0 Å². The van der Waals surface area contributed by atoms with E-state index in [0.29, 0.717) is 17.1 Å². The molecule has 1 N–H and O–H groups in total. The fourth-order valence-electron chi connectivity index (χ4n) is 3.64. The summed E-state index contributed by atoms with van der Waals surface area (Å²) >= 11 is 5.81. The van der Waals surface area contributed by atoms with Crippen LogP contribution in [0.3, 0.4) is 0 Å². The number of hydrogen-bond acceptors (Lipinski definition) is 2. The van der Waals surface area contributed by atoms with Crippen LogP contribution in [0.1, 0.15) is 43.4 Å². The Morgan fingerprint density at radius 2 is 1.93 bits per heavy atom. The predicted molar refractivity (Wildman–Crippen MR) is 107 cm³/mol. The molecule has 1 atom stereocenters. The molecule has 1 aliphatic rings. The Morgan fingerprint density at radius 1 is 1.22 bits per heavy atom. The van der Waals surface area contributed by atoms with Crippen molar-refractivity contribution in [1.29, 1.82) is 0 Å². The minimum absolute atomic E-state index is 0.0223. The maximum atomic E-state index is 14.0. The van der Waals surface area contributed by atoms with Crippen molar-refractivity contribution in [3.05, 3.63) is 70.5 Å². The monoisotopic (exact) mass is 388 g/mol. The van der Waals surface area contributed by atoms with E-state index in [1.54, 1.807) is 12.1 Å². The van der Waals surface area contributed by atoms with Gasteiger partial charge in [-0.25, -0.2) is 4.39 Å². The second-order valence-corrected chi connectivity index (χ2v) is 7.60. The van der Waals surface area contributed by atoms with Crippen molar-refractivity contribution in [1.82, 2.24) is 10.2 Å². The first-order chi connectivity index (χ1) is 13.1. The van der Waals surface area contributed by atoms with Gasteiger partial charge in [-0.15, -0.1) is 0 Å². The molecule has 0 aromatic heterocycles. The molecule has 1 amide bonds. The summed E-state index contributed by atoms with van der Waals surface area (Å²) < 4.78 is 14.0. The molecule has 2 aromatic carbocycles. The highest BCUT2D eigenvalue weighted by atomic mass is 35.5. The quantitative estimate of drug-likeness (QED) is 0.758. The molecule has 0 saturated carbocycles. The maximum Gasteiger partial charge on any atom is 0.223 e. The second-order valence-electron chi connectivity index (χ2n) is 7.17. The van der Waals surface area contributed by atoms with Gasteiger partial charge < -0.3 is 5.32 Å². The molecule has 1 saturated heterocycles. The molecule has 0 aliphatic carbocycles. The molecule has 0 unspecified atom stereocenters. The number of hydrogen-bond donors (Lipinski definition) is 1. The highest BCUT2D eigenvalue weighted by molar-refractivity contribution is 6.30. The smallest absolute Gasteiger partial charge is 0.223 e. The molecule has 0 radical (unpaired) electrons. The first-order valence-electron chi connectivity index (χ1n) is 9.58. The van der Waals surface area contributed by atoms with Crippen molar-refractivity contribution in [2.45, 2.75) is 38.8 Å². The molecule has 144 valence electrons. The predicted octanol–water partition coefficient (Wildman–Crippen LogP) is 4.96. The molecular formula is C22H26ClFN2O. The third kappa shape index (κ3) is 5.30. The molecule has 1 heterocycles. The average Bonchev–Trinajstić information content (AvgIpc) is 2.69. The van der Waals surface area contributed by atoms with E-state index in [1.165, 1.54) is 6.07 Å². The summed E-state index contributed by atoms with van der Waals surface area (Å²) in [6.45, 7) is 4.23. The summed E-state index contributed by atoms with van der Waals surface area (Å²) in [6.07, 6.45) is 2.46. The van der Waals surface area contributed by atoms with Gasteiger partial charge in [0.1, 0.15) is 5.82 Å². The number of benzene rings is 2. The summed E-state index contributed by atoms with van der Waals surface area (Å²) in [5.41, 5.74) is 1.79. The number of nitrogens with zero attached hydrogens (tertiary/aromatic N) is 1. The van der Waals surface area contributed by atoms with Crippen LogP contribution in [0.2, 0.25) is 5.02 Å². The van der Waals surface area contributed by atoms with Gasteiger partial charge in [-0.05, 0) is 50.0 Å². The number of amides is 1. The van der Waals surface area contributed by atoms with Crippen LogP contribution in [0.4, 0.5) is 4.39 Å². The zero-order chi connectivity index (χ0) is 19.2. The minimum Gasteiger partial charge on any atom is -0.349 e. The fraction of sp³-hybridized carbons (Fsp3) is 0.409. The Hall–Kier alpha value is -1.91. The number of halogens is 2. The van der Waals surface area contributed by atoms with Crippen molar-refractivity contribution < 1.29 is 9.18 Å². The van der Waals surface area contributed by atoms with Crippen molar-refractivity contribution >= 4 is 17.5 Å². The standard InChI is InChI=1S/C22H26ClFN2O/c1-2-21(16-6-4-3-5-7-16)25-22(27)17-10-12-26(13-11-17)15-18-8-9-19(23)14-20(18)24/h3-9,14,17,21H,2,10-13,15H2,1H3,(H,25,27)/t21-/m1/s1. The van der Waals surface area contributed by atoms with Gasteiger partial charge >= 0.3 is 0 Å². The molecule has 2 aromatic rings. The van der Waals surface area contributed by atoms with Crippen molar-refractivity contribution in [2.75, 3.05) is 13.1 Å². The number of carbonyl (C=O) groups is 1. The SMILES string of the molecule is CC[C@@H](NC(=O)C1CCN(Cc2ccc(Cl)cc2F)CC1)c1ccccc1. The molecule has 3 nitrogen and oxygen atoms in total. The molecule has 27 heavy (non-hydrogen) atoms. The number of likely N-dealkylation sites (tertiary alicyclic amines) is 1. The number of carbonyl (C=O) groups excluding carboxylic acids is 1. The molecule has 1 fully saturated rings. The van der Waals surface area contributed by atoms with Crippen LogP contribution in [-0.2, 0) is 11.3 Å². The van der Waals surface area contributed by atoms with Gasteiger partial charge in [0, 0.05) is 23.0 Å². The normalized spacial score (nSPS) is 16.9. The maximum absolute atomic E-state index is 14.0. The molecule has 3 rings (SSSR count). The topological polar surface area (TPSA) is 32.3 Å². The van der Waals surface area contributed by atoms with E-state index in [1.807, 2.05) is 18.2 Å². The third-order valence-electron chi connectivity index (χ3n) is 5.29. The number of nitrogens with one attached hydrogen (secondary N) is 1. The molecule has 5 heteroatoms. The molecule has 0 bridgehead atoms. The van der Waals surface area contributed by atoms with Crippen molar-refractivity contribution in [2.24, 2.45) is 5.92 Å². The highest BCUT2D eigenvalue weighted by Gasteiger charge is 2.26. The van der Waals surface area contributed by atoms with Crippen LogP contribution in [0.25, 0.3) is 0 Å². The molecule has 0 spiro atoms. The molecular weight excluding hydrogens is 363 g/mol. The van der Waals surface area contributed by atoms with Gasteiger partial charge in [0.2, 0.25) is 5.91 Å². The number of rotatable bonds is 6. The lowest BCUT2D eigenvalue weighted by Crippen LogP contribution is -2.41. The second kappa shape index (κ2) is 9.34. The van der Waals surface area contributed by atoms with Gasteiger partial charge in [0.15, 0.2) is 0 Å². The summed E-state index contributed by atoms with van der Waals surface area (Å²) in [7, 11) is 0. The largest absolute Gasteiger partial charge is 0.349 e.